The number of hydrogen-bond donors (Lipinski definition) is 1. The normalized spacial score (nSPS) is 17.4. The fraction of sp³-hybridized carbons (Fsp3) is 0.390. The molecule has 4 aliphatic rings. The second-order valence-corrected chi connectivity index (χ2v) is 14.9. The molecule has 1 N–H and O–H groups in total. The van der Waals surface area contributed by atoms with Gasteiger partial charge in [-0.05, 0) is 32.8 Å². The zero-order chi connectivity index (χ0) is 40.7. The minimum Gasteiger partial charge on any atom is -0.378 e. The summed E-state index contributed by atoms with van der Waals surface area (Å²) in [5.74, 6) is -1.49. The lowest BCUT2D eigenvalue weighted by Gasteiger charge is -2.32. The Morgan fingerprint density at radius 3 is 1.72 bits per heavy atom. The molecule has 4 aliphatic heterocycles. The zero-order valence-electron chi connectivity index (χ0n) is 32.0. The number of hydrogen-bond acceptors (Lipinski definition) is 10. The molecule has 0 saturated carbocycles. The van der Waals surface area contributed by atoms with Gasteiger partial charge in [-0.25, -0.2) is 32.5 Å². The van der Waals surface area contributed by atoms with E-state index in [1.54, 1.807) is 11.8 Å². The van der Waals surface area contributed by atoms with Crippen molar-refractivity contribution < 1.29 is 36.6 Å². The van der Waals surface area contributed by atoms with Crippen LogP contribution in [0.4, 0.5) is 52.1 Å². The van der Waals surface area contributed by atoms with Crippen molar-refractivity contribution >= 4 is 79.7 Å². The molecule has 0 aliphatic carbocycles. The van der Waals surface area contributed by atoms with Crippen LogP contribution in [0, 0.1) is 37.1 Å². The van der Waals surface area contributed by atoms with Crippen molar-refractivity contribution in [3.05, 3.63) is 75.9 Å². The quantitative estimate of drug-likeness (QED) is 0.174. The van der Waals surface area contributed by atoms with E-state index in [-0.39, 0.29) is 38.6 Å². The van der Waals surface area contributed by atoms with E-state index >= 15 is 4.39 Å². The van der Waals surface area contributed by atoms with E-state index in [2.05, 4.69) is 25.1 Å². The molecule has 2 aromatic carbocycles. The summed E-state index contributed by atoms with van der Waals surface area (Å²) in [7, 11) is 0. The van der Waals surface area contributed by atoms with Gasteiger partial charge in [0.1, 0.15) is 34.9 Å². The fourth-order valence-corrected chi connectivity index (χ4v) is 8.13. The highest BCUT2D eigenvalue weighted by atomic mass is 35.5. The summed E-state index contributed by atoms with van der Waals surface area (Å²) in [5.41, 5.74) is 3.46. The number of carbonyl (C=O) groups is 2. The van der Waals surface area contributed by atoms with Crippen molar-refractivity contribution in [3.63, 3.8) is 0 Å². The molecule has 3 aromatic heterocycles. The van der Waals surface area contributed by atoms with Gasteiger partial charge in [0.2, 0.25) is 11.8 Å². The van der Waals surface area contributed by atoms with Gasteiger partial charge < -0.3 is 24.6 Å². The van der Waals surface area contributed by atoms with E-state index in [1.807, 2.05) is 19.2 Å². The third-order valence-corrected chi connectivity index (χ3v) is 11.3. The Morgan fingerprint density at radius 2 is 1.17 bits per heavy atom. The number of carbonyl (C=O) groups excluding carboxylic acids is 2. The van der Waals surface area contributed by atoms with Gasteiger partial charge in [0, 0.05) is 87.5 Å². The number of ether oxygens (including phenoxy) is 2. The average molecular weight is 821 g/mol. The highest BCUT2D eigenvalue weighted by molar-refractivity contribution is 6.36. The number of anilines is 6. The predicted octanol–water partition coefficient (Wildman–Crippen LogP) is 7.36. The van der Waals surface area contributed by atoms with Crippen molar-refractivity contribution in [1.29, 1.82) is 0 Å². The Bertz CT molecular complexity index is 2430. The lowest BCUT2D eigenvalue weighted by Crippen LogP contribution is -2.38. The summed E-state index contributed by atoms with van der Waals surface area (Å²) in [5, 5.41) is 3.88. The van der Waals surface area contributed by atoms with Gasteiger partial charge >= 0.3 is 0 Å². The van der Waals surface area contributed by atoms with Gasteiger partial charge in [-0.3, -0.25) is 19.4 Å². The molecule has 5 aromatic rings. The summed E-state index contributed by atoms with van der Waals surface area (Å²) in [6.45, 7) is 9.80. The number of pyridine rings is 3. The first-order valence-electron chi connectivity index (χ1n) is 19.3. The maximum Gasteiger partial charge on any atom is 0.228 e. The summed E-state index contributed by atoms with van der Waals surface area (Å²) >= 11 is 6.17. The highest BCUT2D eigenvalue weighted by Gasteiger charge is 2.29. The summed E-state index contributed by atoms with van der Waals surface area (Å²) in [6, 6.07) is 5.97. The molecule has 0 unspecified atom stereocenters. The van der Waals surface area contributed by atoms with Crippen LogP contribution in [0.3, 0.4) is 0 Å². The molecule has 0 bridgehead atoms. The number of nitrogens with zero attached hydrogens (tertiary/aromatic N) is 7. The Kier molecular flexibility index (Phi) is 11.2. The molecular formula is C41H41ClF4N8O4. The van der Waals surface area contributed by atoms with Crippen molar-refractivity contribution in [2.45, 2.75) is 39.5 Å². The molecule has 17 heteroatoms. The van der Waals surface area contributed by atoms with E-state index in [4.69, 9.17) is 26.1 Å². The van der Waals surface area contributed by atoms with Crippen LogP contribution in [0.25, 0.3) is 21.8 Å². The smallest absolute Gasteiger partial charge is 0.228 e. The molecule has 0 radical (unpaired) electrons. The van der Waals surface area contributed by atoms with Crippen LogP contribution in [0.2, 0.25) is 5.02 Å². The number of rotatable bonds is 6. The van der Waals surface area contributed by atoms with Crippen LogP contribution >= 0.6 is 11.6 Å². The molecule has 0 spiro atoms. The lowest BCUT2D eigenvalue weighted by molar-refractivity contribution is -0.117. The van der Waals surface area contributed by atoms with Gasteiger partial charge in [-0.2, -0.15) is 0 Å². The molecule has 0 atom stereocenters. The summed E-state index contributed by atoms with van der Waals surface area (Å²) in [4.78, 5) is 45.5. The highest BCUT2D eigenvalue weighted by Crippen LogP contribution is 2.41. The maximum absolute atomic E-state index is 15.3. The van der Waals surface area contributed by atoms with Crippen molar-refractivity contribution in [2.75, 3.05) is 90.6 Å². The predicted molar refractivity (Wildman–Crippen MR) is 215 cm³/mol. The van der Waals surface area contributed by atoms with Crippen LogP contribution in [0.1, 0.15) is 36.8 Å². The van der Waals surface area contributed by atoms with E-state index in [1.165, 1.54) is 11.0 Å². The SMILES string of the molecule is Cc1c(N2CCCC2=O)nc2cc(F)cc(F)c2c1Cl.Cc1c(N2CCCC2=O)nc2cc(F)cc(F)c2c1Nc1cc(N2CCOCC2)cnc1N1CCOCC1. The van der Waals surface area contributed by atoms with Crippen molar-refractivity contribution in [2.24, 2.45) is 0 Å². The van der Waals surface area contributed by atoms with Crippen LogP contribution < -0.4 is 24.9 Å². The standard InChI is InChI=1S/C27H30F2N6O3.C14H11ClF2N2O/c1-17-25(24-20(29)13-18(28)14-21(24)32-26(17)35-4-2-3-23(35)36)31-22-15-19(33-5-9-37-10-6-33)16-30-27(22)34-7-11-38-12-8-34;1-7-13(15)12-9(17)5-8(16)6-10(12)18-14(7)19-4-2-3-11(19)20/h13-16H,2-12H2,1H3,(H,31,32);5-6H,2-4H2,1H3. The molecule has 58 heavy (non-hydrogen) atoms. The largest absolute Gasteiger partial charge is 0.378 e. The maximum atomic E-state index is 15.3. The minimum atomic E-state index is -0.750. The fourth-order valence-electron chi connectivity index (χ4n) is 7.86. The number of benzene rings is 2. The molecule has 4 saturated heterocycles. The van der Waals surface area contributed by atoms with E-state index in [9.17, 15) is 22.8 Å². The minimum absolute atomic E-state index is 0.0482. The van der Waals surface area contributed by atoms with Gasteiger partial charge in [0.05, 0.1) is 76.5 Å². The van der Waals surface area contributed by atoms with Crippen LogP contribution in [-0.4, -0.2) is 92.5 Å². The molecule has 9 rings (SSSR count). The molecule has 304 valence electrons. The summed E-state index contributed by atoms with van der Waals surface area (Å²) in [6.07, 6.45) is 4.18. The number of aromatic nitrogens is 3. The third-order valence-electron chi connectivity index (χ3n) is 10.8. The first kappa shape index (κ1) is 39.5. The molecule has 7 heterocycles. The molecule has 4 fully saturated rings. The monoisotopic (exact) mass is 820 g/mol. The van der Waals surface area contributed by atoms with Crippen LogP contribution in [-0.2, 0) is 19.1 Å². The first-order valence-corrected chi connectivity index (χ1v) is 19.6. The topological polar surface area (TPSA) is 116 Å². The van der Waals surface area contributed by atoms with Gasteiger partial charge in [0.25, 0.3) is 0 Å². The second kappa shape index (κ2) is 16.5. The second-order valence-electron chi connectivity index (χ2n) is 14.6. The number of halogens is 5. The van der Waals surface area contributed by atoms with Gasteiger partial charge in [0.15, 0.2) is 5.82 Å². The first-order chi connectivity index (χ1) is 28.0. The Hall–Kier alpha value is -5.32. The molecule has 12 nitrogen and oxygen atoms in total. The average Bonchev–Trinajstić information content (AvgIpc) is 3.84. The third kappa shape index (κ3) is 7.67. The molecular weight excluding hydrogens is 780 g/mol. The number of amides is 2. The lowest BCUT2D eigenvalue weighted by atomic mass is 10.1. The Balaban J connectivity index is 0.000000197. The Morgan fingerprint density at radius 1 is 0.655 bits per heavy atom. The number of morpholine rings is 2. The van der Waals surface area contributed by atoms with Crippen molar-refractivity contribution in [3.8, 4) is 0 Å². The van der Waals surface area contributed by atoms with Crippen LogP contribution in [0.15, 0.2) is 36.5 Å². The zero-order valence-corrected chi connectivity index (χ0v) is 32.8. The van der Waals surface area contributed by atoms with E-state index in [0.717, 1.165) is 49.2 Å². The number of nitrogens with one attached hydrogen (secondary N) is 1. The Labute approximate surface area is 336 Å². The van der Waals surface area contributed by atoms with Crippen molar-refractivity contribution in [1.82, 2.24) is 15.0 Å². The van der Waals surface area contributed by atoms with Gasteiger partial charge in [-0.1, -0.05) is 11.6 Å². The number of fused-ring (bicyclic) bond motifs is 2. The van der Waals surface area contributed by atoms with E-state index < -0.39 is 23.3 Å². The van der Waals surface area contributed by atoms with Crippen LogP contribution in [0.5, 0.6) is 0 Å². The molecule has 2 amide bonds. The summed E-state index contributed by atoms with van der Waals surface area (Å²) < 4.78 is 67.8. The van der Waals surface area contributed by atoms with E-state index in [0.29, 0.717) is 106 Å². The van der Waals surface area contributed by atoms with Gasteiger partial charge in [-0.15, -0.1) is 0 Å².